The van der Waals surface area contributed by atoms with Crippen LogP contribution in [0, 0.1) is 0 Å². The van der Waals surface area contributed by atoms with Gasteiger partial charge in [-0.3, -0.25) is 9.59 Å². The van der Waals surface area contributed by atoms with Crippen LogP contribution in [0.25, 0.3) is 10.2 Å². The number of hydrogen-bond donors (Lipinski definition) is 0. The van der Waals surface area contributed by atoms with Crippen molar-refractivity contribution >= 4 is 33.4 Å². The maximum absolute atomic E-state index is 12.4. The van der Waals surface area contributed by atoms with Gasteiger partial charge >= 0.3 is 11.9 Å². The number of hydrogen-bond acceptors (Lipinski definition) is 6. The number of aryl methyl sites for hydroxylation is 2. The minimum atomic E-state index is -0.498. The van der Waals surface area contributed by atoms with E-state index in [0.29, 0.717) is 31.2 Å². The number of aromatic nitrogens is 1. The summed E-state index contributed by atoms with van der Waals surface area (Å²) in [5.74, 6) is -0.690. The molecular weight excluding hydrogens is 368 g/mol. The van der Waals surface area contributed by atoms with Crippen molar-refractivity contribution in [1.29, 1.82) is 0 Å². The number of carbonyl (C=O) groups is 2. The summed E-state index contributed by atoms with van der Waals surface area (Å²) in [6, 6.07) is 6.13. The lowest BCUT2D eigenvalue weighted by Gasteiger charge is -2.12. The molecule has 2 aromatic rings. The first kappa shape index (κ1) is 19.2. The number of thiazole rings is 1. The second-order valence-corrected chi connectivity index (χ2v) is 6.87. The first-order chi connectivity index (χ1) is 13.1. The molecule has 1 aromatic heterocycles. The Hall–Kier alpha value is -2.61. The van der Waals surface area contributed by atoms with E-state index in [1.807, 2.05) is 16.7 Å². The number of benzene rings is 1. The van der Waals surface area contributed by atoms with Crippen molar-refractivity contribution in [2.24, 2.45) is 4.99 Å². The van der Waals surface area contributed by atoms with Gasteiger partial charge < -0.3 is 18.8 Å². The minimum Gasteiger partial charge on any atom is -0.494 e. The Labute approximate surface area is 160 Å². The van der Waals surface area contributed by atoms with E-state index in [4.69, 9.17) is 14.2 Å². The summed E-state index contributed by atoms with van der Waals surface area (Å²) in [5, 5.41) is 0. The molecule has 0 bridgehead atoms. The molecule has 0 atom stereocenters. The van der Waals surface area contributed by atoms with Crippen molar-refractivity contribution in [1.82, 2.24) is 4.57 Å². The molecule has 0 unspecified atom stereocenters. The van der Waals surface area contributed by atoms with Crippen molar-refractivity contribution < 1.29 is 23.8 Å². The van der Waals surface area contributed by atoms with Gasteiger partial charge in [-0.2, -0.15) is 4.99 Å². The van der Waals surface area contributed by atoms with Gasteiger partial charge in [0, 0.05) is 6.54 Å². The van der Waals surface area contributed by atoms with E-state index in [1.54, 1.807) is 6.92 Å². The maximum Gasteiger partial charge on any atom is 0.317 e. The van der Waals surface area contributed by atoms with Crippen LogP contribution in [0.15, 0.2) is 35.2 Å². The summed E-state index contributed by atoms with van der Waals surface area (Å²) in [4.78, 5) is 28.9. The number of rotatable bonds is 6. The third-order valence-electron chi connectivity index (χ3n) is 4.06. The standard InChI is InChI=1S/C19H22N2O5S/c1-3-13-5-6-14-16(11-13)27-19(21(14)8-7-17(22)25-4-2)20-18(23)15-12-24-9-10-26-15/h5-6,11-12H,3-4,7-10H2,1-2H3. The fraction of sp³-hybridized carbons (Fsp3) is 0.421. The third-order valence-corrected chi connectivity index (χ3v) is 5.10. The second-order valence-electron chi connectivity index (χ2n) is 5.87. The van der Waals surface area contributed by atoms with Gasteiger partial charge in [0.1, 0.15) is 19.5 Å². The highest BCUT2D eigenvalue weighted by Gasteiger charge is 2.16. The molecule has 3 rings (SSSR count). The van der Waals surface area contributed by atoms with E-state index in [-0.39, 0.29) is 18.1 Å². The lowest BCUT2D eigenvalue weighted by atomic mass is 10.2. The van der Waals surface area contributed by atoms with E-state index in [9.17, 15) is 9.59 Å². The number of fused-ring (bicyclic) bond motifs is 1. The monoisotopic (exact) mass is 390 g/mol. The number of nitrogens with zero attached hydrogens (tertiary/aromatic N) is 2. The molecule has 0 radical (unpaired) electrons. The summed E-state index contributed by atoms with van der Waals surface area (Å²) in [7, 11) is 0. The number of carbonyl (C=O) groups excluding carboxylic acids is 2. The van der Waals surface area contributed by atoms with Crippen LogP contribution in [0.3, 0.4) is 0 Å². The molecule has 0 aliphatic carbocycles. The molecule has 1 amide bonds. The molecule has 0 saturated heterocycles. The normalized spacial score (nSPS) is 14.4. The summed E-state index contributed by atoms with van der Waals surface area (Å²) in [6.45, 7) is 5.32. The van der Waals surface area contributed by atoms with Crippen LogP contribution in [0.1, 0.15) is 25.8 Å². The fourth-order valence-electron chi connectivity index (χ4n) is 2.70. The van der Waals surface area contributed by atoms with E-state index in [0.717, 1.165) is 16.6 Å². The smallest absolute Gasteiger partial charge is 0.317 e. The molecule has 0 N–H and O–H groups in total. The molecule has 1 aromatic carbocycles. The quantitative estimate of drug-likeness (QED) is 0.708. The molecular formula is C19H22N2O5S. The lowest BCUT2D eigenvalue weighted by molar-refractivity contribution is -0.143. The number of esters is 1. The Bertz CT molecular complexity index is 941. The third kappa shape index (κ3) is 4.57. The highest BCUT2D eigenvalue weighted by Crippen LogP contribution is 2.20. The summed E-state index contributed by atoms with van der Waals surface area (Å²) in [5.41, 5.74) is 2.13. The summed E-state index contributed by atoms with van der Waals surface area (Å²) >= 11 is 1.41. The molecule has 27 heavy (non-hydrogen) atoms. The topological polar surface area (TPSA) is 79.1 Å². The van der Waals surface area contributed by atoms with Gasteiger partial charge in [0.2, 0.25) is 5.76 Å². The predicted octanol–water partition coefficient (Wildman–Crippen LogP) is 2.53. The van der Waals surface area contributed by atoms with Gasteiger partial charge in [0.15, 0.2) is 4.80 Å². The van der Waals surface area contributed by atoms with Crippen molar-refractivity contribution in [3.8, 4) is 0 Å². The van der Waals surface area contributed by atoms with Crippen LogP contribution in [-0.4, -0.2) is 36.3 Å². The Morgan fingerprint density at radius 1 is 1.30 bits per heavy atom. The summed E-state index contributed by atoms with van der Waals surface area (Å²) in [6.07, 6.45) is 2.42. The van der Waals surface area contributed by atoms with Crippen molar-refractivity contribution in [3.63, 3.8) is 0 Å². The molecule has 144 valence electrons. The van der Waals surface area contributed by atoms with Crippen LogP contribution in [-0.2, 0) is 36.8 Å². The first-order valence-electron chi connectivity index (χ1n) is 8.94. The first-order valence-corrected chi connectivity index (χ1v) is 9.75. The van der Waals surface area contributed by atoms with Crippen molar-refractivity contribution in [3.05, 3.63) is 40.6 Å². The second kappa shape index (κ2) is 8.85. The molecule has 0 saturated carbocycles. The lowest BCUT2D eigenvalue weighted by Crippen LogP contribution is -2.21. The van der Waals surface area contributed by atoms with Gasteiger partial charge in [-0.25, -0.2) is 0 Å². The average molecular weight is 390 g/mol. The van der Waals surface area contributed by atoms with E-state index in [2.05, 4.69) is 18.0 Å². The zero-order valence-electron chi connectivity index (χ0n) is 15.4. The Morgan fingerprint density at radius 3 is 2.85 bits per heavy atom. The highest BCUT2D eigenvalue weighted by molar-refractivity contribution is 7.16. The Kier molecular flexibility index (Phi) is 6.28. The van der Waals surface area contributed by atoms with Crippen LogP contribution < -0.4 is 4.80 Å². The van der Waals surface area contributed by atoms with E-state index < -0.39 is 5.91 Å². The molecule has 0 spiro atoms. The van der Waals surface area contributed by atoms with E-state index in [1.165, 1.54) is 23.2 Å². The Morgan fingerprint density at radius 2 is 2.15 bits per heavy atom. The van der Waals surface area contributed by atoms with Crippen molar-refractivity contribution in [2.45, 2.75) is 33.2 Å². The molecule has 7 nitrogen and oxygen atoms in total. The molecule has 0 fully saturated rings. The number of ether oxygens (including phenoxy) is 3. The van der Waals surface area contributed by atoms with Gasteiger partial charge in [-0.15, -0.1) is 0 Å². The van der Waals surface area contributed by atoms with Crippen LogP contribution in [0.2, 0.25) is 0 Å². The summed E-state index contributed by atoms with van der Waals surface area (Å²) < 4.78 is 18.3. The molecule has 2 heterocycles. The zero-order chi connectivity index (χ0) is 19.2. The average Bonchev–Trinajstić information content (AvgIpc) is 3.03. The van der Waals surface area contributed by atoms with Crippen LogP contribution in [0.5, 0.6) is 0 Å². The predicted molar refractivity (Wildman–Crippen MR) is 101 cm³/mol. The van der Waals surface area contributed by atoms with Gasteiger partial charge in [0.05, 0.1) is 23.2 Å². The molecule has 1 aliphatic heterocycles. The highest BCUT2D eigenvalue weighted by atomic mass is 32.1. The Balaban J connectivity index is 1.99. The zero-order valence-corrected chi connectivity index (χ0v) is 16.2. The van der Waals surface area contributed by atoms with Gasteiger partial charge in [0.25, 0.3) is 0 Å². The molecule has 8 heteroatoms. The van der Waals surface area contributed by atoms with Gasteiger partial charge in [-0.05, 0) is 31.0 Å². The van der Waals surface area contributed by atoms with E-state index >= 15 is 0 Å². The maximum atomic E-state index is 12.4. The van der Waals surface area contributed by atoms with Gasteiger partial charge in [-0.1, -0.05) is 24.3 Å². The molecule has 1 aliphatic rings. The largest absolute Gasteiger partial charge is 0.494 e. The van der Waals surface area contributed by atoms with Crippen LogP contribution in [0.4, 0.5) is 0 Å². The van der Waals surface area contributed by atoms with Crippen molar-refractivity contribution in [2.75, 3.05) is 19.8 Å². The van der Waals surface area contributed by atoms with Crippen LogP contribution >= 0.6 is 11.3 Å². The SMILES string of the molecule is CCOC(=O)CCn1c(=NC(=O)C2=COCCO2)sc2cc(CC)ccc21. The fourth-order valence-corrected chi connectivity index (χ4v) is 3.82. The minimum absolute atomic E-state index is 0.0879. The number of amides is 1.